The molecule has 1 rings (SSSR count). The molecule has 0 radical (unpaired) electrons. The summed E-state index contributed by atoms with van der Waals surface area (Å²) in [4.78, 5) is 0. The van der Waals surface area contributed by atoms with Crippen LogP contribution in [0.4, 0.5) is 0 Å². The lowest BCUT2D eigenvalue weighted by Gasteiger charge is -2.31. The molecule has 0 saturated heterocycles. The molecule has 0 spiro atoms. The lowest BCUT2D eigenvalue weighted by Crippen LogP contribution is -2.40. The van der Waals surface area contributed by atoms with Gasteiger partial charge in [0, 0.05) is 12.1 Å². The fraction of sp³-hybridized carbons (Fsp3) is 1.00. The van der Waals surface area contributed by atoms with E-state index in [4.69, 9.17) is 0 Å². The molecule has 17 heavy (non-hydrogen) atoms. The Morgan fingerprint density at radius 1 is 1.06 bits per heavy atom. The molecular weight excluding hydrogens is 206 g/mol. The van der Waals surface area contributed by atoms with Crippen molar-refractivity contribution in [1.82, 2.24) is 5.32 Å². The summed E-state index contributed by atoms with van der Waals surface area (Å²) in [5.41, 5.74) is 0.476. The zero-order chi connectivity index (χ0) is 12.9. The highest BCUT2D eigenvalue weighted by atomic mass is 14.9. The standard InChI is InChI=1S/C16H33N/c1-13(11-12-16(3,4)5)17-14(2)15-9-7-6-8-10-15/h13-15,17H,6-12H2,1-5H3/t13?,14-/m1/s1. The summed E-state index contributed by atoms with van der Waals surface area (Å²) in [5, 5.41) is 3.82. The lowest BCUT2D eigenvalue weighted by molar-refractivity contribution is 0.253. The molecule has 1 nitrogen and oxygen atoms in total. The van der Waals surface area contributed by atoms with Gasteiger partial charge < -0.3 is 5.32 Å². The van der Waals surface area contributed by atoms with Gasteiger partial charge in [-0.05, 0) is 50.9 Å². The van der Waals surface area contributed by atoms with Gasteiger partial charge in [-0.2, -0.15) is 0 Å². The van der Waals surface area contributed by atoms with Crippen LogP contribution < -0.4 is 5.32 Å². The second-order valence-electron chi connectivity index (χ2n) is 7.35. The smallest absolute Gasteiger partial charge is 0.00694 e. The number of rotatable bonds is 5. The van der Waals surface area contributed by atoms with Crippen molar-refractivity contribution in [2.45, 2.75) is 91.6 Å². The van der Waals surface area contributed by atoms with E-state index in [-0.39, 0.29) is 0 Å². The molecule has 1 saturated carbocycles. The topological polar surface area (TPSA) is 12.0 Å². The quantitative estimate of drug-likeness (QED) is 0.729. The summed E-state index contributed by atoms with van der Waals surface area (Å²) in [6, 6.07) is 1.39. The second-order valence-corrected chi connectivity index (χ2v) is 7.35. The van der Waals surface area contributed by atoms with Gasteiger partial charge in [0.15, 0.2) is 0 Å². The Balaban J connectivity index is 2.22. The second kappa shape index (κ2) is 6.78. The van der Waals surface area contributed by atoms with Gasteiger partial charge in [-0.15, -0.1) is 0 Å². The summed E-state index contributed by atoms with van der Waals surface area (Å²) >= 11 is 0. The Kier molecular flexibility index (Phi) is 5.99. The van der Waals surface area contributed by atoms with Gasteiger partial charge >= 0.3 is 0 Å². The van der Waals surface area contributed by atoms with E-state index in [1.165, 1.54) is 44.9 Å². The molecule has 1 fully saturated rings. The molecular formula is C16H33N. The minimum absolute atomic E-state index is 0.476. The SMILES string of the molecule is CC(CCC(C)(C)C)N[C@H](C)C1CCCCC1. The number of hydrogen-bond acceptors (Lipinski definition) is 1. The maximum atomic E-state index is 3.82. The summed E-state index contributed by atoms with van der Waals surface area (Å²) < 4.78 is 0. The van der Waals surface area contributed by atoms with Crippen LogP contribution in [0.2, 0.25) is 0 Å². The maximum absolute atomic E-state index is 3.82. The van der Waals surface area contributed by atoms with Gasteiger partial charge in [0.2, 0.25) is 0 Å². The Bertz CT molecular complexity index is 198. The average Bonchev–Trinajstić information content (AvgIpc) is 2.27. The van der Waals surface area contributed by atoms with Crippen LogP contribution in [0.3, 0.4) is 0 Å². The highest BCUT2D eigenvalue weighted by Crippen LogP contribution is 2.27. The van der Waals surface area contributed by atoms with Crippen LogP contribution in [0.1, 0.15) is 79.6 Å². The minimum Gasteiger partial charge on any atom is -0.312 e. The maximum Gasteiger partial charge on any atom is 0.00694 e. The Morgan fingerprint density at radius 2 is 1.65 bits per heavy atom. The Morgan fingerprint density at radius 3 is 2.18 bits per heavy atom. The van der Waals surface area contributed by atoms with Gasteiger partial charge in [0.25, 0.3) is 0 Å². The molecule has 0 aliphatic heterocycles. The molecule has 0 aromatic rings. The first kappa shape index (κ1) is 15.0. The van der Waals surface area contributed by atoms with E-state index in [1.54, 1.807) is 0 Å². The minimum atomic E-state index is 0.476. The van der Waals surface area contributed by atoms with E-state index in [9.17, 15) is 0 Å². The van der Waals surface area contributed by atoms with Gasteiger partial charge in [-0.1, -0.05) is 40.0 Å². The predicted molar refractivity (Wildman–Crippen MR) is 77.3 cm³/mol. The number of hydrogen-bond donors (Lipinski definition) is 1. The molecule has 0 amide bonds. The normalized spacial score (nSPS) is 22.4. The largest absolute Gasteiger partial charge is 0.312 e. The Labute approximate surface area is 109 Å². The molecule has 1 heteroatoms. The van der Waals surface area contributed by atoms with Crippen molar-refractivity contribution in [3.8, 4) is 0 Å². The molecule has 0 aromatic heterocycles. The summed E-state index contributed by atoms with van der Waals surface area (Å²) in [5.74, 6) is 0.931. The van der Waals surface area contributed by atoms with Crippen molar-refractivity contribution in [3.05, 3.63) is 0 Å². The molecule has 1 N–H and O–H groups in total. The van der Waals surface area contributed by atoms with Crippen molar-refractivity contribution in [1.29, 1.82) is 0 Å². The monoisotopic (exact) mass is 239 g/mol. The highest BCUT2D eigenvalue weighted by molar-refractivity contribution is 4.78. The van der Waals surface area contributed by atoms with Gasteiger partial charge in [-0.25, -0.2) is 0 Å². The first-order chi connectivity index (χ1) is 7.88. The van der Waals surface area contributed by atoms with Crippen molar-refractivity contribution in [2.24, 2.45) is 11.3 Å². The van der Waals surface area contributed by atoms with Crippen molar-refractivity contribution < 1.29 is 0 Å². The molecule has 0 heterocycles. The van der Waals surface area contributed by atoms with E-state index < -0.39 is 0 Å². The van der Waals surface area contributed by atoms with Crippen LogP contribution in [-0.4, -0.2) is 12.1 Å². The third-order valence-electron chi connectivity index (χ3n) is 4.23. The third-order valence-corrected chi connectivity index (χ3v) is 4.23. The highest BCUT2D eigenvalue weighted by Gasteiger charge is 2.21. The molecule has 1 aliphatic carbocycles. The molecule has 0 aromatic carbocycles. The molecule has 1 aliphatic rings. The van der Waals surface area contributed by atoms with Crippen LogP contribution in [-0.2, 0) is 0 Å². The first-order valence-corrected chi connectivity index (χ1v) is 7.64. The van der Waals surface area contributed by atoms with Gasteiger partial charge in [0.1, 0.15) is 0 Å². The van der Waals surface area contributed by atoms with Gasteiger partial charge in [0.05, 0.1) is 0 Å². The third kappa shape index (κ3) is 6.45. The zero-order valence-corrected chi connectivity index (χ0v) is 12.7. The van der Waals surface area contributed by atoms with Crippen LogP contribution >= 0.6 is 0 Å². The van der Waals surface area contributed by atoms with Crippen LogP contribution in [0.15, 0.2) is 0 Å². The van der Waals surface area contributed by atoms with Gasteiger partial charge in [-0.3, -0.25) is 0 Å². The van der Waals surface area contributed by atoms with E-state index in [0.29, 0.717) is 17.5 Å². The predicted octanol–water partition coefficient (Wildman–Crippen LogP) is 4.76. The van der Waals surface area contributed by atoms with E-state index in [2.05, 4.69) is 39.9 Å². The van der Waals surface area contributed by atoms with E-state index >= 15 is 0 Å². The molecule has 102 valence electrons. The van der Waals surface area contributed by atoms with Crippen LogP contribution in [0, 0.1) is 11.3 Å². The fourth-order valence-corrected chi connectivity index (χ4v) is 2.95. The van der Waals surface area contributed by atoms with E-state index in [1.807, 2.05) is 0 Å². The number of nitrogens with one attached hydrogen (secondary N) is 1. The molecule has 2 atom stereocenters. The van der Waals surface area contributed by atoms with Crippen LogP contribution in [0.25, 0.3) is 0 Å². The fourth-order valence-electron chi connectivity index (χ4n) is 2.95. The summed E-state index contributed by atoms with van der Waals surface area (Å²) in [7, 11) is 0. The molecule has 1 unspecified atom stereocenters. The summed E-state index contributed by atoms with van der Waals surface area (Å²) in [6.45, 7) is 11.8. The Hall–Kier alpha value is -0.0400. The molecule has 0 bridgehead atoms. The zero-order valence-electron chi connectivity index (χ0n) is 12.7. The lowest BCUT2D eigenvalue weighted by atomic mass is 9.84. The van der Waals surface area contributed by atoms with Crippen molar-refractivity contribution >= 4 is 0 Å². The average molecular weight is 239 g/mol. The summed E-state index contributed by atoms with van der Waals surface area (Å²) in [6.07, 6.45) is 9.88. The first-order valence-electron chi connectivity index (χ1n) is 7.64. The van der Waals surface area contributed by atoms with Crippen molar-refractivity contribution in [2.75, 3.05) is 0 Å². The van der Waals surface area contributed by atoms with E-state index in [0.717, 1.165) is 5.92 Å². The van der Waals surface area contributed by atoms with Crippen LogP contribution in [0.5, 0.6) is 0 Å². The van der Waals surface area contributed by atoms with Crippen molar-refractivity contribution in [3.63, 3.8) is 0 Å².